The van der Waals surface area contributed by atoms with E-state index in [-0.39, 0.29) is 0 Å². The zero-order valence-corrected chi connectivity index (χ0v) is 7.45. The molecule has 11 heavy (non-hydrogen) atoms. The highest BCUT2D eigenvalue weighted by molar-refractivity contribution is 7.11. The molecule has 0 amide bonds. The van der Waals surface area contributed by atoms with Gasteiger partial charge in [0.25, 0.3) is 0 Å². The molecule has 0 aliphatic rings. The molecule has 1 N–H and O–H groups in total. The second-order valence-electron chi connectivity index (χ2n) is 2.42. The van der Waals surface area contributed by atoms with Gasteiger partial charge in [-0.1, -0.05) is 13.3 Å². The first-order chi connectivity index (χ1) is 5.34. The highest BCUT2D eigenvalue weighted by Crippen LogP contribution is 2.08. The second-order valence-corrected chi connectivity index (χ2v) is 3.31. The first-order valence-electron chi connectivity index (χ1n) is 3.82. The Balaban J connectivity index is 2.43. The predicted molar refractivity (Wildman–Crippen MR) is 48.5 cm³/mol. The van der Waals surface area contributed by atoms with Crippen molar-refractivity contribution < 1.29 is 0 Å². The van der Waals surface area contributed by atoms with E-state index in [1.54, 1.807) is 17.5 Å². The summed E-state index contributed by atoms with van der Waals surface area (Å²) in [5, 5.41) is 10.4. The molecular formula is C8H12N2S. The summed E-state index contributed by atoms with van der Waals surface area (Å²) < 4.78 is 0. The number of nitrogens with zero attached hydrogens (tertiary/aromatic N) is 1. The van der Waals surface area contributed by atoms with Crippen LogP contribution in [0.4, 0.5) is 0 Å². The van der Waals surface area contributed by atoms with E-state index in [1.807, 2.05) is 5.38 Å². The predicted octanol–water partition coefficient (Wildman–Crippen LogP) is 2.70. The van der Waals surface area contributed by atoms with Gasteiger partial charge in [0.15, 0.2) is 0 Å². The number of rotatable bonds is 4. The van der Waals surface area contributed by atoms with Crippen molar-refractivity contribution in [1.82, 2.24) is 4.98 Å². The molecule has 0 fully saturated rings. The maximum atomic E-state index is 7.60. The minimum atomic E-state index is 0.682. The van der Waals surface area contributed by atoms with Crippen molar-refractivity contribution in [3.05, 3.63) is 16.6 Å². The van der Waals surface area contributed by atoms with Gasteiger partial charge in [-0.15, -0.1) is 11.3 Å². The van der Waals surface area contributed by atoms with Crippen LogP contribution in [-0.4, -0.2) is 10.7 Å². The van der Waals surface area contributed by atoms with Gasteiger partial charge in [0.05, 0.1) is 5.71 Å². The van der Waals surface area contributed by atoms with Gasteiger partial charge < -0.3 is 5.41 Å². The number of aromatic nitrogens is 1. The van der Waals surface area contributed by atoms with Gasteiger partial charge in [-0.05, 0) is 12.8 Å². The summed E-state index contributed by atoms with van der Waals surface area (Å²) in [5.74, 6) is 0. The lowest BCUT2D eigenvalue weighted by Gasteiger charge is -1.96. The second kappa shape index (κ2) is 4.23. The van der Waals surface area contributed by atoms with Gasteiger partial charge in [-0.2, -0.15) is 0 Å². The van der Waals surface area contributed by atoms with Gasteiger partial charge in [-0.3, -0.25) is 0 Å². The Morgan fingerprint density at radius 1 is 1.73 bits per heavy atom. The van der Waals surface area contributed by atoms with Crippen LogP contribution in [0.25, 0.3) is 0 Å². The van der Waals surface area contributed by atoms with Gasteiger partial charge in [0.2, 0.25) is 0 Å². The summed E-state index contributed by atoms with van der Waals surface area (Å²) in [6.45, 7) is 2.13. The third kappa shape index (κ3) is 2.42. The lowest BCUT2D eigenvalue weighted by Crippen LogP contribution is -1.96. The van der Waals surface area contributed by atoms with Crippen LogP contribution in [-0.2, 0) is 0 Å². The molecule has 0 aliphatic carbocycles. The molecule has 0 saturated carbocycles. The van der Waals surface area contributed by atoms with E-state index in [1.165, 1.54) is 0 Å². The maximum Gasteiger partial charge on any atom is 0.136 e. The summed E-state index contributed by atoms with van der Waals surface area (Å²) in [5.41, 5.74) is 0.682. The quantitative estimate of drug-likeness (QED) is 0.689. The number of hydrogen-bond donors (Lipinski definition) is 1. The fourth-order valence-electron chi connectivity index (χ4n) is 0.833. The van der Waals surface area contributed by atoms with Crippen molar-refractivity contribution in [3.8, 4) is 0 Å². The summed E-state index contributed by atoms with van der Waals surface area (Å²) in [6, 6.07) is 0. The maximum absolute atomic E-state index is 7.60. The number of hydrogen-bond acceptors (Lipinski definition) is 3. The minimum Gasteiger partial charge on any atom is -0.302 e. The first-order valence-corrected chi connectivity index (χ1v) is 4.70. The third-order valence-electron chi connectivity index (χ3n) is 1.47. The van der Waals surface area contributed by atoms with Crippen molar-refractivity contribution in [2.45, 2.75) is 26.2 Å². The molecule has 0 atom stereocenters. The van der Waals surface area contributed by atoms with Crippen molar-refractivity contribution >= 4 is 17.0 Å². The fourth-order valence-corrected chi connectivity index (χ4v) is 1.45. The Hall–Kier alpha value is -0.700. The van der Waals surface area contributed by atoms with Crippen LogP contribution < -0.4 is 0 Å². The van der Waals surface area contributed by atoms with Crippen molar-refractivity contribution in [1.29, 1.82) is 5.41 Å². The van der Waals surface area contributed by atoms with Crippen LogP contribution in [0.1, 0.15) is 31.2 Å². The lowest BCUT2D eigenvalue weighted by molar-refractivity contribution is 0.832. The molecule has 0 unspecified atom stereocenters. The molecule has 0 saturated heterocycles. The van der Waals surface area contributed by atoms with Gasteiger partial charge >= 0.3 is 0 Å². The Bertz CT molecular complexity index is 216. The molecule has 1 heterocycles. The Labute approximate surface area is 70.8 Å². The number of nitrogens with one attached hydrogen (secondary N) is 1. The normalized spacial score (nSPS) is 9.91. The van der Waals surface area contributed by atoms with Gasteiger partial charge in [0, 0.05) is 11.6 Å². The summed E-state index contributed by atoms with van der Waals surface area (Å²) >= 11 is 1.55. The topological polar surface area (TPSA) is 36.7 Å². The van der Waals surface area contributed by atoms with Gasteiger partial charge in [-0.25, -0.2) is 4.98 Å². The molecule has 2 nitrogen and oxygen atoms in total. The van der Waals surface area contributed by atoms with E-state index in [0.717, 1.165) is 24.3 Å². The zero-order valence-electron chi connectivity index (χ0n) is 6.63. The van der Waals surface area contributed by atoms with Crippen LogP contribution in [0.3, 0.4) is 0 Å². The minimum absolute atomic E-state index is 0.682. The molecule has 0 aliphatic heterocycles. The van der Waals surface area contributed by atoms with Gasteiger partial charge in [0.1, 0.15) is 5.01 Å². The molecule has 0 radical (unpaired) electrons. The smallest absolute Gasteiger partial charge is 0.136 e. The molecular weight excluding hydrogens is 156 g/mol. The average molecular weight is 168 g/mol. The molecule has 60 valence electrons. The Morgan fingerprint density at radius 2 is 2.55 bits per heavy atom. The van der Waals surface area contributed by atoms with E-state index in [2.05, 4.69) is 11.9 Å². The number of thiazole rings is 1. The Morgan fingerprint density at radius 3 is 3.09 bits per heavy atom. The lowest BCUT2D eigenvalue weighted by atomic mass is 10.2. The largest absolute Gasteiger partial charge is 0.302 e. The van der Waals surface area contributed by atoms with Crippen LogP contribution in [0.5, 0.6) is 0 Å². The first kappa shape index (κ1) is 8.40. The average Bonchev–Trinajstić information content (AvgIpc) is 2.52. The third-order valence-corrected chi connectivity index (χ3v) is 2.30. The van der Waals surface area contributed by atoms with Crippen molar-refractivity contribution in [3.63, 3.8) is 0 Å². The molecule has 1 aromatic rings. The molecule has 1 aromatic heterocycles. The zero-order chi connectivity index (χ0) is 8.10. The SMILES string of the molecule is CCCCC(=N)c1nccs1. The molecule has 1 rings (SSSR count). The molecule has 0 bridgehead atoms. The molecule has 0 aromatic carbocycles. The van der Waals surface area contributed by atoms with E-state index >= 15 is 0 Å². The van der Waals surface area contributed by atoms with E-state index in [4.69, 9.17) is 5.41 Å². The fraction of sp³-hybridized carbons (Fsp3) is 0.500. The standard InChI is InChI=1S/C8H12N2S/c1-2-3-4-7(9)8-10-5-6-11-8/h5-6,9H,2-4H2,1H3. The van der Waals surface area contributed by atoms with E-state index in [9.17, 15) is 0 Å². The van der Waals surface area contributed by atoms with Crippen LogP contribution in [0, 0.1) is 5.41 Å². The Kier molecular flexibility index (Phi) is 3.23. The van der Waals surface area contributed by atoms with Crippen LogP contribution in [0.15, 0.2) is 11.6 Å². The van der Waals surface area contributed by atoms with Crippen molar-refractivity contribution in [2.75, 3.05) is 0 Å². The molecule has 0 spiro atoms. The summed E-state index contributed by atoms with van der Waals surface area (Å²) in [4.78, 5) is 4.06. The highest BCUT2D eigenvalue weighted by Gasteiger charge is 2.01. The summed E-state index contributed by atoms with van der Waals surface area (Å²) in [6.07, 6.45) is 4.86. The number of unbranched alkanes of at least 4 members (excludes halogenated alkanes) is 1. The highest BCUT2D eigenvalue weighted by atomic mass is 32.1. The molecule has 3 heteroatoms. The van der Waals surface area contributed by atoms with Crippen LogP contribution >= 0.6 is 11.3 Å². The van der Waals surface area contributed by atoms with Crippen molar-refractivity contribution in [2.24, 2.45) is 0 Å². The van der Waals surface area contributed by atoms with E-state index in [0.29, 0.717) is 5.71 Å². The van der Waals surface area contributed by atoms with Crippen LogP contribution in [0.2, 0.25) is 0 Å². The van der Waals surface area contributed by atoms with E-state index < -0.39 is 0 Å². The summed E-state index contributed by atoms with van der Waals surface area (Å²) in [7, 11) is 0. The monoisotopic (exact) mass is 168 g/mol.